The van der Waals surface area contributed by atoms with Crippen LogP contribution in [0.1, 0.15) is 33.6 Å². The predicted molar refractivity (Wildman–Crippen MR) is 101 cm³/mol. The minimum absolute atomic E-state index is 0.0313. The minimum atomic E-state index is -0.327. The second kappa shape index (κ2) is 7.66. The van der Waals surface area contributed by atoms with Gasteiger partial charge in [-0.3, -0.25) is 4.79 Å². The van der Waals surface area contributed by atoms with Crippen LogP contribution in [0, 0.1) is 5.92 Å². The zero-order chi connectivity index (χ0) is 18.7. The van der Waals surface area contributed by atoms with Crippen LogP contribution in [0.15, 0.2) is 30.3 Å². The number of likely N-dealkylation sites (tertiary alicyclic amines) is 1. The number of urea groups is 1. The SMILES string of the molecule is CC1CN(C(=O)C2CCCN(C(=O)Nc3ccccc3)C2)CC(C)(C)O1. The number of nitrogens with zero attached hydrogens (tertiary/aromatic N) is 2. The Morgan fingerprint density at radius 2 is 1.88 bits per heavy atom. The average Bonchev–Trinajstić information content (AvgIpc) is 2.60. The molecule has 2 fully saturated rings. The molecule has 1 N–H and O–H groups in total. The summed E-state index contributed by atoms with van der Waals surface area (Å²) in [5, 5.41) is 2.91. The summed E-state index contributed by atoms with van der Waals surface area (Å²) in [7, 11) is 0. The molecule has 6 nitrogen and oxygen atoms in total. The van der Waals surface area contributed by atoms with Gasteiger partial charge in [0.05, 0.1) is 17.6 Å². The first-order chi connectivity index (χ1) is 12.3. The number of carbonyl (C=O) groups excluding carboxylic acids is 2. The first kappa shape index (κ1) is 18.7. The number of rotatable bonds is 2. The van der Waals surface area contributed by atoms with E-state index in [4.69, 9.17) is 4.74 Å². The van der Waals surface area contributed by atoms with E-state index < -0.39 is 0 Å². The molecule has 0 spiro atoms. The largest absolute Gasteiger partial charge is 0.369 e. The minimum Gasteiger partial charge on any atom is -0.369 e. The van der Waals surface area contributed by atoms with Gasteiger partial charge in [-0.25, -0.2) is 4.79 Å². The van der Waals surface area contributed by atoms with Crippen molar-refractivity contribution in [1.29, 1.82) is 0 Å². The van der Waals surface area contributed by atoms with Crippen molar-refractivity contribution >= 4 is 17.6 Å². The number of ether oxygens (including phenoxy) is 1. The number of nitrogens with one attached hydrogen (secondary N) is 1. The molecule has 2 saturated heterocycles. The van der Waals surface area contributed by atoms with Crippen LogP contribution in [0.25, 0.3) is 0 Å². The lowest BCUT2D eigenvalue weighted by Gasteiger charge is -2.43. The molecular weight excluding hydrogens is 330 g/mol. The van der Waals surface area contributed by atoms with Crippen molar-refractivity contribution in [2.75, 3.05) is 31.5 Å². The summed E-state index contributed by atoms with van der Waals surface area (Å²) in [5.74, 6) is 0.0109. The van der Waals surface area contributed by atoms with Crippen LogP contribution in [0.4, 0.5) is 10.5 Å². The fourth-order valence-corrected chi connectivity index (χ4v) is 3.97. The number of amides is 3. The summed E-state index contributed by atoms with van der Waals surface area (Å²) in [6.07, 6.45) is 1.71. The number of piperidine rings is 1. The van der Waals surface area contributed by atoms with Gasteiger partial charge >= 0.3 is 6.03 Å². The first-order valence-corrected chi connectivity index (χ1v) is 9.42. The fourth-order valence-electron chi connectivity index (χ4n) is 3.97. The van der Waals surface area contributed by atoms with Crippen LogP contribution in [-0.4, -0.2) is 59.6 Å². The van der Waals surface area contributed by atoms with Crippen molar-refractivity contribution in [2.24, 2.45) is 5.92 Å². The van der Waals surface area contributed by atoms with Crippen LogP contribution in [0.2, 0.25) is 0 Å². The second-order valence-electron chi connectivity index (χ2n) is 7.99. The molecule has 2 aliphatic rings. The zero-order valence-corrected chi connectivity index (χ0v) is 15.9. The molecule has 3 rings (SSSR count). The van der Waals surface area contributed by atoms with Crippen molar-refractivity contribution in [3.63, 3.8) is 0 Å². The molecule has 0 bridgehead atoms. The Balaban J connectivity index is 1.60. The van der Waals surface area contributed by atoms with Gasteiger partial charge in [-0.15, -0.1) is 0 Å². The van der Waals surface area contributed by atoms with Gasteiger partial charge in [-0.05, 0) is 45.7 Å². The van der Waals surface area contributed by atoms with Gasteiger partial charge in [0.15, 0.2) is 0 Å². The highest BCUT2D eigenvalue weighted by Gasteiger charge is 2.37. The highest BCUT2D eigenvalue weighted by atomic mass is 16.5. The Hall–Kier alpha value is -2.08. The standard InChI is InChI=1S/C20H29N3O3/c1-15-12-23(14-20(2,3)26-15)18(24)16-8-7-11-22(13-16)19(25)21-17-9-5-4-6-10-17/h4-6,9-10,15-16H,7-8,11-14H2,1-3H3,(H,21,25). The molecule has 142 valence electrons. The lowest BCUT2D eigenvalue weighted by molar-refractivity contribution is -0.162. The predicted octanol–water partition coefficient (Wildman–Crippen LogP) is 2.96. The van der Waals surface area contributed by atoms with Gasteiger partial charge in [-0.1, -0.05) is 18.2 Å². The van der Waals surface area contributed by atoms with Gasteiger partial charge in [0.2, 0.25) is 5.91 Å². The van der Waals surface area contributed by atoms with Gasteiger partial charge in [0.1, 0.15) is 0 Å². The van der Waals surface area contributed by atoms with E-state index in [1.165, 1.54) is 0 Å². The van der Waals surface area contributed by atoms with Crippen LogP contribution in [-0.2, 0) is 9.53 Å². The maximum atomic E-state index is 13.0. The van der Waals surface area contributed by atoms with E-state index >= 15 is 0 Å². The molecule has 2 atom stereocenters. The van der Waals surface area contributed by atoms with Crippen LogP contribution >= 0.6 is 0 Å². The summed E-state index contributed by atoms with van der Waals surface area (Å²) < 4.78 is 5.90. The molecular formula is C20H29N3O3. The number of hydrogen-bond acceptors (Lipinski definition) is 3. The number of hydrogen-bond donors (Lipinski definition) is 1. The molecule has 26 heavy (non-hydrogen) atoms. The Labute approximate surface area is 155 Å². The van der Waals surface area contributed by atoms with Gasteiger partial charge in [0.25, 0.3) is 0 Å². The summed E-state index contributed by atoms with van der Waals surface area (Å²) >= 11 is 0. The van der Waals surface area contributed by atoms with E-state index in [1.807, 2.05) is 56.0 Å². The summed E-state index contributed by atoms with van der Waals surface area (Å²) in [4.78, 5) is 29.2. The monoisotopic (exact) mass is 359 g/mol. The molecule has 0 aromatic heterocycles. The molecule has 2 aliphatic heterocycles. The van der Waals surface area contributed by atoms with E-state index in [1.54, 1.807) is 4.90 Å². The second-order valence-corrected chi connectivity index (χ2v) is 7.99. The molecule has 0 aliphatic carbocycles. The highest BCUT2D eigenvalue weighted by molar-refractivity contribution is 5.90. The summed E-state index contributed by atoms with van der Waals surface area (Å²) in [6, 6.07) is 9.28. The normalized spacial score (nSPS) is 25.7. The Morgan fingerprint density at radius 3 is 2.58 bits per heavy atom. The smallest absolute Gasteiger partial charge is 0.321 e. The van der Waals surface area contributed by atoms with E-state index in [9.17, 15) is 9.59 Å². The molecule has 2 heterocycles. The quantitative estimate of drug-likeness (QED) is 0.883. The van der Waals surface area contributed by atoms with Crippen LogP contribution < -0.4 is 5.32 Å². The Kier molecular flexibility index (Phi) is 5.51. The van der Waals surface area contributed by atoms with Gasteiger partial charge in [-0.2, -0.15) is 0 Å². The molecule has 3 amide bonds. The fraction of sp³-hybridized carbons (Fsp3) is 0.600. The van der Waals surface area contributed by atoms with Crippen molar-refractivity contribution < 1.29 is 14.3 Å². The van der Waals surface area contributed by atoms with E-state index in [0.717, 1.165) is 18.5 Å². The van der Waals surface area contributed by atoms with Gasteiger partial charge < -0.3 is 19.9 Å². The van der Waals surface area contributed by atoms with Crippen molar-refractivity contribution in [3.05, 3.63) is 30.3 Å². The number of carbonyl (C=O) groups is 2. The van der Waals surface area contributed by atoms with Crippen molar-refractivity contribution in [3.8, 4) is 0 Å². The van der Waals surface area contributed by atoms with Crippen molar-refractivity contribution in [2.45, 2.75) is 45.3 Å². The molecule has 2 unspecified atom stereocenters. The maximum Gasteiger partial charge on any atom is 0.321 e. The molecule has 1 aromatic rings. The number of anilines is 1. The summed E-state index contributed by atoms with van der Waals surface area (Å²) in [5.41, 5.74) is 0.446. The maximum absolute atomic E-state index is 13.0. The third kappa shape index (κ3) is 4.55. The molecule has 6 heteroatoms. The lowest BCUT2D eigenvalue weighted by Crippen LogP contribution is -2.56. The number of benzene rings is 1. The van der Waals surface area contributed by atoms with Crippen molar-refractivity contribution in [1.82, 2.24) is 9.80 Å². The summed E-state index contributed by atoms with van der Waals surface area (Å²) in [6.45, 7) is 8.42. The number of para-hydroxylation sites is 1. The molecule has 1 aromatic carbocycles. The van der Waals surface area contributed by atoms with E-state index in [0.29, 0.717) is 26.2 Å². The van der Waals surface area contributed by atoms with E-state index in [-0.39, 0.29) is 29.6 Å². The van der Waals surface area contributed by atoms with E-state index in [2.05, 4.69) is 5.32 Å². The molecule has 0 saturated carbocycles. The third-order valence-corrected chi connectivity index (χ3v) is 4.96. The van der Waals surface area contributed by atoms with Crippen LogP contribution in [0.5, 0.6) is 0 Å². The lowest BCUT2D eigenvalue weighted by atomic mass is 9.95. The Morgan fingerprint density at radius 1 is 1.15 bits per heavy atom. The molecule has 0 radical (unpaired) electrons. The third-order valence-electron chi connectivity index (χ3n) is 4.96. The van der Waals surface area contributed by atoms with Gasteiger partial charge in [0, 0.05) is 31.9 Å². The first-order valence-electron chi connectivity index (χ1n) is 9.42. The average molecular weight is 359 g/mol. The number of morpholine rings is 1. The highest BCUT2D eigenvalue weighted by Crippen LogP contribution is 2.25. The zero-order valence-electron chi connectivity index (χ0n) is 15.9. The Bertz CT molecular complexity index is 647. The van der Waals surface area contributed by atoms with Crippen LogP contribution in [0.3, 0.4) is 0 Å². The topological polar surface area (TPSA) is 61.9 Å².